The first-order valence-electron chi connectivity index (χ1n) is 9.71. The second-order valence-corrected chi connectivity index (χ2v) is 7.44. The first-order chi connectivity index (χ1) is 15.0. The van der Waals surface area contributed by atoms with Gasteiger partial charge in [0.15, 0.2) is 5.65 Å². The van der Waals surface area contributed by atoms with Crippen LogP contribution in [-0.4, -0.2) is 37.4 Å². The fourth-order valence-corrected chi connectivity index (χ4v) is 3.24. The highest BCUT2D eigenvalue weighted by Gasteiger charge is 2.26. The van der Waals surface area contributed by atoms with Gasteiger partial charge in [0.1, 0.15) is 11.6 Å². The smallest absolute Gasteiger partial charge is 0.254 e. The maximum Gasteiger partial charge on any atom is 0.254 e. The quantitative estimate of drug-likeness (QED) is 0.409. The number of nitrogens with zero attached hydrogens (tertiary/aromatic N) is 4. The molecular formula is C20H17F2N7O2. The zero-order valence-electron chi connectivity index (χ0n) is 16.2. The van der Waals surface area contributed by atoms with Crippen molar-refractivity contribution in [3.8, 4) is 0 Å². The normalized spacial score (nSPS) is 17.4. The van der Waals surface area contributed by atoms with Gasteiger partial charge in [-0.25, -0.2) is 8.78 Å². The van der Waals surface area contributed by atoms with Gasteiger partial charge in [-0.15, -0.1) is 0 Å². The van der Waals surface area contributed by atoms with Crippen LogP contribution in [0.15, 0.2) is 30.0 Å². The molecule has 3 heterocycles. The second-order valence-electron chi connectivity index (χ2n) is 7.44. The minimum absolute atomic E-state index is 0.0155. The van der Waals surface area contributed by atoms with E-state index >= 15 is 0 Å². The topological polar surface area (TPSA) is 113 Å². The Bertz CT molecular complexity index is 1250. The second kappa shape index (κ2) is 7.42. The van der Waals surface area contributed by atoms with Crippen molar-refractivity contribution in [1.29, 1.82) is 0 Å². The molecule has 11 heteroatoms. The van der Waals surface area contributed by atoms with Crippen molar-refractivity contribution in [3.05, 3.63) is 52.7 Å². The van der Waals surface area contributed by atoms with Crippen LogP contribution in [-0.2, 0) is 16.1 Å². The van der Waals surface area contributed by atoms with E-state index in [9.17, 15) is 18.4 Å². The Hall–Kier alpha value is -3.89. The van der Waals surface area contributed by atoms with Crippen LogP contribution in [0.25, 0.3) is 11.7 Å². The Morgan fingerprint density at radius 1 is 1.23 bits per heavy atom. The summed E-state index contributed by atoms with van der Waals surface area (Å²) >= 11 is 0. The summed E-state index contributed by atoms with van der Waals surface area (Å²) in [5.74, 6) is -1.27. The van der Waals surface area contributed by atoms with E-state index in [1.54, 1.807) is 6.08 Å². The number of hydrogen-bond acceptors (Lipinski definition) is 7. The lowest BCUT2D eigenvalue weighted by Crippen LogP contribution is -2.19. The van der Waals surface area contributed by atoms with Gasteiger partial charge in [-0.3, -0.25) is 14.9 Å². The van der Waals surface area contributed by atoms with Crippen LogP contribution < -0.4 is 16.0 Å². The third kappa shape index (κ3) is 3.93. The molecule has 2 amide bonds. The van der Waals surface area contributed by atoms with E-state index in [1.807, 2.05) is 0 Å². The molecule has 3 aromatic rings. The van der Waals surface area contributed by atoms with E-state index in [0.717, 1.165) is 31.0 Å². The molecule has 1 aliphatic heterocycles. The number of carbonyl (C=O) groups excluding carboxylic acids is 2. The Labute approximate surface area is 174 Å². The molecule has 5 rings (SSSR count). The predicted molar refractivity (Wildman–Crippen MR) is 107 cm³/mol. The average Bonchev–Trinajstić information content (AvgIpc) is 3.37. The van der Waals surface area contributed by atoms with Gasteiger partial charge in [0.2, 0.25) is 17.8 Å². The molecule has 0 unspecified atom stereocenters. The molecule has 0 spiro atoms. The summed E-state index contributed by atoms with van der Waals surface area (Å²) in [6.07, 6.45) is 5.08. The number of halogens is 2. The lowest BCUT2D eigenvalue weighted by molar-refractivity contribution is -0.124. The molecule has 158 valence electrons. The van der Waals surface area contributed by atoms with Crippen molar-refractivity contribution < 1.29 is 18.4 Å². The van der Waals surface area contributed by atoms with Gasteiger partial charge in [0.25, 0.3) is 5.91 Å². The number of aromatic nitrogens is 4. The Morgan fingerprint density at radius 3 is 2.81 bits per heavy atom. The molecular weight excluding hydrogens is 408 g/mol. The molecule has 0 atom stereocenters. The maximum absolute atomic E-state index is 13.9. The number of imide groups is 1. The molecule has 2 fully saturated rings. The monoisotopic (exact) mass is 425 g/mol. The van der Waals surface area contributed by atoms with Gasteiger partial charge in [0.05, 0.1) is 12.6 Å². The van der Waals surface area contributed by atoms with E-state index < -0.39 is 17.5 Å². The van der Waals surface area contributed by atoms with Crippen molar-refractivity contribution in [2.24, 2.45) is 0 Å². The Balaban J connectivity index is 1.50. The number of fused-ring (bicyclic) bond motifs is 1. The van der Waals surface area contributed by atoms with Gasteiger partial charge in [-0.2, -0.15) is 19.6 Å². The summed E-state index contributed by atoms with van der Waals surface area (Å²) in [5, 5.41) is 12.7. The van der Waals surface area contributed by atoms with E-state index in [0.29, 0.717) is 22.7 Å². The Morgan fingerprint density at radius 2 is 2.06 bits per heavy atom. The van der Waals surface area contributed by atoms with Crippen molar-refractivity contribution in [3.63, 3.8) is 0 Å². The molecule has 1 saturated heterocycles. The highest BCUT2D eigenvalue weighted by Crippen LogP contribution is 2.26. The molecule has 0 radical (unpaired) electrons. The van der Waals surface area contributed by atoms with Crippen LogP contribution in [0.2, 0.25) is 0 Å². The van der Waals surface area contributed by atoms with Crippen LogP contribution in [0.4, 0.5) is 20.7 Å². The van der Waals surface area contributed by atoms with Gasteiger partial charge in [-0.05, 0) is 37.1 Å². The number of amides is 2. The van der Waals surface area contributed by atoms with Crippen molar-refractivity contribution >= 4 is 35.4 Å². The average molecular weight is 425 g/mol. The number of anilines is 2. The minimum Gasteiger partial charge on any atom is -0.351 e. The summed E-state index contributed by atoms with van der Waals surface area (Å²) in [6.45, 7) is -0.0237. The molecule has 31 heavy (non-hydrogen) atoms. The first kappa shape index (κ1) is 19.1. The third-order valence-electron chi connectivity index (χ3n) is 4.98. The molecule has 1 aliphatic carbocycles. The lowest BCUT2D eigenvalue weighted by Gasteiger charge is -2.11. The highest BCUT2D eigenvalue weighted by atomic mass is 19.1. The van der Waals surface area contributed by atoms with Crippen LogP contribution in [0.1, 0.15) is 30.4 Å². The van der Waals surface area contributed by atoms with E-state index in [2.05, 4.69) is 31.0 Å². The molecule has 3 N–H and O–H groups in total. The third-order valence-corrected chi connectivity index (χ3v) is 4.98. The number of rotatable bonds is 6. The van der Waals surface area contributed by atoms with Crippen LogP contribution in [0, 0.1) is 11.6 Å². The fourth-order valence-electron chi connectivity index (χ4n) is 3.24. The first-order valence-corrected chi connectivity index (χ1v) is 9.71. The molecule has 0 bridgehead atoms. The minimum atomic E-state index is -0.544. The van der Waals surface area contributed by atoms with Gasteiger partial charge in [-0.1, -0.05) is 0 Å². The maximum atomic E-state index is 13.9. The van der Waals surface area contributed by atoms with Gasteiger partial charge in [0, 0.05) is 29.3 Å². The molecule has 1 aromatic carbocycles. The van der Waals surface area contributed by atoms with Crippen molar-refractivity contribution in [2.45, 2.75) is 31.8 Å². The van der Waals surface area contributed by atoms with Crippen LogP contribution >= 0.6 is 0 Å². The van der Waals surface area contributed by atoms with Crippen molar-refractivity contribution in [2.75, 3.05) is 10.6 Å². The van der Waals surface area contributed by atoms with Crippen LogP contribution in [0.3, 0.4) is 0 Å². The standard InChI is InChI=1S/C20H17F2N7O2/c21-13-1-4-15(22)11(6-13)8-23-19-27-17-12(5-10-7-16(30)26-18(10)31)9-24-29(17)20(28-19)25-14-2-3-14/h1,4-6,9,14H,2-3,7-8H2,(H,26,30,31)(H2,23,25,27,28)/b10-5+. The van der Waals surface area contributed by atoms with Gasteiger partial charge >= 0.3 is 0 Å². The summed E-state index contributed by atoms with van der Waals surface area (Å²) in [5.41, 5.74) is 1.38. The van der Waals surface area contributed by atoms with E-state index in [4.69, 9.17) is 0 Å². The zero-order valence-corrected chi connectivity index (χ0v) is 16.2. The summed E-state index contributed by atoms with van der Waals surface area (Å²) < 4.78 is 28.9. The molecule has 2 aliphatic rings. The number of carbonyl (C=O) groups is 2. The summed E-state index contributed by atoms with van der Waals surface area (Å²) in [6, 6.07) is 3.49. The summed E-state index contributed by atoms with van der Waals surface area (Å²) in [4.78, 5) is 32.2. The van der Waals surface area contributed by atoms with E-state index in [1.165, 1.54) is 10.7 Å². The molecule has 1 saturated carbocycles. The Kier molecular flexibility index (Phi) is 4.57. The highest BCUT2D eigenvalue weighted by molar-refractivity contribution is 6.15. The fraction of sp³-hybridized carbons (Fsp3) is 0.250. The van der Waals surface area contributed by atoms with Gasteiger partial charge < -0.3 is 10.6 Å². The zero-order chi connectivity index (χ0) is 21.5. The predicted octanol–water partition coefficient (Wildman–Crippen LogP) is 2.02. The number of hydrogen-bond donors (Lipinski definition) is 3. The van der Waals surface area contributed by atoms with Crippen LogP contribution in [0.5, 0.6) is 0 Å². The summed E-state index contributed by atoms with van der Waals surface area (Å²) in [7, 11) is 0. The number of nitrogens with one attached hydrogen (secondary N) is 3. The molecule has 9 nitrogen and oxygen atoms in total. The largest absolute Gasteiger partial charge is 0.351 e. The lowest BCUT2D eigenvalue weighted by atomic mass is 10.1. The van der Waals surface area contributed by atoms with Crippen molar-refractivity contribution in [1.82, 2.24) is 24.9 Å². The number of benzene rings is 1. The SMILES string of the molecule is O=C1C/C(=C\c2cnn3c(NC4CC4)nc(NCc4cc(F)ccc4F)nc23)C(=O)N1. The van der Waals surface area contributed by atoms with E-state index in [-0.39, 0.29) is 36.4 Å². The molecule has 2 aromatic heterocycles.